The van der Waals surface area contributed by atoms with E-state index in [1.807, 2.05) is 61.0 Å². The predicted octanol–water partition coefficient (Wildman–Crippen LogP) is 4.34. The van der Waals surface area contributed by atoms with Gasteiger partial charge in [0.2, 0.25) is 5.91 Å². The molecule has 0 fully saturated rings. The molecule has 0 radical (unpaired) electrons. The Morgan fingerprint density at radius 3 is 2.63 bits per heavy atom. The van der Waals surface area contributed by atoms with Crippen LogP contribution in [0.1, 0.15) is 18.9 Å². The van der Waals surface area contributed by atoms with E-state index in [-0.39, 0.29) is 17.8 Å². The van der Waals surface area contributed by atoms with Crippen LogP contribution >= 0.6 is 23.4 Å². The second-order valence-corrected chi connectivity index (χ2v) is 7.14. The molecule has 0 aliphatic heterocycles. The molecule has 0 saturated heterocycles. The lowest BCUT2D eigenvalue weighted by atomic mass is 10.3. The van der Waals surface area contributed by atoms with Crippen LogP contribution in [0.5, 0.6) is 5.75 Å². The first kappa shape index (κ1) is 19.3. The van der Waals surface area contributed by atoms with Gasteiger partial charge in [-0.15, -0.1) is 10.2 Å². The summed E-state index contributed by atoms with van der Waals surface area (Å²) in [7, 11) is 1.86. The standard InChI is InChI=1S/C19H19ClN4O2S/c1-13(26-14-8-4-3-5-9-14)18-22-23-19(24(18)2)27-12-17(25)21-16-11-7-6-10-15(16)20/h3-11,13H,12H2,1-2H3,(H,21,25)/t13-/m0/s1. The van der Waals surface area contributed by atoms with Crippen molar-refractivity contribution in [1.29, 1.82) is 0 Å². The molecule has 3 aromatic rings. The Kier molecular flexibility index (Phi) is 6.36. The Labute approximate surface area is 166 Å². The van der Waals surface area contributed by atoms with Crippen LogP contribution < -0.4 is 10.1 Å². The molecule has 1 heterocycles. The van der Waals surface area contributed by atoms with Gasteiger partial charge in [0, 0.05) is 7.05 Å². The van der Waals surface area contributed by atoms with Gasteiger partial charge in [-0.1, -0.05) is 53.7 Å². The van der Waals surface area contributed by atoms with Gasteiger partial charge in [-0.3, -0.25) is 4.79 Å². The van der Waals surface area contributed by atoms with Crippen LogP contribution in [0.25, 0.3) is 0 Å². The molecule has 0 aliphatic rings. The largest absolute Gasteiger partial charge is 0.483 e. The molecular weight excluding hydrogens is 384 g/mol. The molecule has 0 aliphatic carbocycles. The van der Waals surface area contributed by atoms with E-state index < -0.39 is 0 Å². The zero-order valence-corrected chi connectivity index (χ0v) is 16.5. The predicted molar refractivity (Wildman–Crippen MR) is 107 cm³/mol. The fourth-order valence-electron chi connectivity index (χ4n) is 2.44. The van der Waals surface area contributed by atoms with Crippen LogP contribution in [0, 0.1) is 0 Å². The fourth-order valence-corrected chi connectivity index (χ4v) is 3.34. The van der Waals surface area contributed by atoms with Crippen molar-refractivity contribution in [3.63, 3.8) is 0 Å². The van der Waals surface area contributed by atoms with Crippen molar-refractivity contribution in [3.05, 3.63) is 65.4 Å². The third kappa shape index (κ3) is 5.02. The molecule has 6 nitrogen and oxygen atoms in total. The highest BCUT2D eigenvalue weighted by Crippen LogP contribution is 2.24. The van der Waals surface area contributed by atoms with E-state index in [0.717, 1.165) is 5.75 Å². The molecule has 0 unspecified atom stereocenters. The lowest BCUT2D eigenvalue weighted by molar-refractivity contribution is -0.113. The van der Waals surface area contributed by atoms with Gasteiger partial charge in [0.1, 0.15) is 5.75 Å². The summed E-state index contributed by atoms with van der Waals surface area (Å²) in [5, 5.41) is 12.3. The summed E-state index contributed by atoms with van der Waals surface area (Å²) in [6.07, 6.45) is -0.267. The third-order valence-corrected chi connectivity index (χ3v) is 5.12. The molecule has 140 valence electrons. The van der Waals surface area contributed by atoms with E-state index in [1.54, 1.807) is 12.1 Å². The second-order valence-electron chi connectivity index (χ2n) is 5.79. The SMILES string of the molecule is C[C@H](Oc1ccccc1)c1nnc(SCC(=O)Nc2ccccc2Cl)n1C. The second kappa shape index (κ2) is 8.92. The Bertz CT molecular complexity index is 917. The van der Waals surface area contributed by atoms with E-state index in [0.29, 0.717) is 21.7 Å². The average Bonchev–Trinajstić information content (AvgIpc) is 3.03. The first-order valence-corrected chi connectivity index (χ1v) is 9.69. The maximum absolute atomic E-state index is 12.2. The number of rotatable bonds is 7. The first-order valence-electron chi connectivity index (χ1n) is 8.32. The van der Waals surface area contributed by atoms with Crippen molar-refractivity contribution in [2.45, 2.75) is 18.2 Å². The number of ether oxygens (including phenoxy) is 1. The fraction of sp³-hybridized carbons (Fsp3) is 0.211. The molecule has 0 spiro atoms. The van der Waals surface area contributed by atoms with Crippen molar-refractivity contribution in [1.82, 2.24) is 14.8 Å². The number of nitrogens with one attached hydrogen (secondary N) is 1. The van der Waals surface area contributed by atoms with E-state index in [4.69, 9.17) is 16.3 Å². The lowest BCUT2D eigenvalue weighted by Crippen LogP contribution is -2.15. The molecular formula is C19H19ClN4O2S. The van der Waals surface area contributed by atoms with Crippen molar-refractivity contribution in [2.75, 3.05) is 11.1 Å². The van der Waals surface area contributed by atoms with Gasteiger partial charge in [-0.25, -0.2) is 0 Å². The number of nitrogens with zero attached hydrogens (tertiary/aromatic N) is 3. The minimum atomic E-state index is -0.267. The van der Waals surface area contributed by atoms with Gasteiger partial charge in [-0.05, 0) is 31.2 Å². The van der Waals surface area contributed by atoms with Crippen LogP contribution in [-0.4, -0.2) is 26.4 Å². The lowest BCUT2D eigenvalue weighted by Gasteiger charge is -2.14. The van der Waals surface area contributed by atoms with Gasteiger partial charge in [0.15, 0.2) is 17.1 Å². The first-order chi connectivity index (χ1) is 13.0. The number of hydrogen-bond donors (Lipinski definition) is 1. The highest BCUT2D eigenvalue weighted by Gasteiger charge is 2.18. The molecule has 0 saturated carbocycles. The number of carbonyl (C=O) groups excluding carboxylic acids is 1. The van der Waals surface area contributed by atoms with Crippen LogP contribution in [0.3, 0.4) is 0 Å². The minimum absolute atomic E-state index is 0.161. The molecule has 1 atom stereocenters. The van der Waals surface area contributed by atoms with Crippen molar-refractivity contribution >= 4 is 35.0 Å². The number of hydrogen-bond acceptors (Lipinski definition) is 5. The molecule has 27 heavy (non-hydrogen) atoms. The van der Waals surface area contributed by atoms with E-state index in [9.17, 15) is 4.79 Å². The summed E-state index contributed by atoms with van der Waals surface area (Å²) in [5.74, 6) is 1.49. The highest BCUT2D eigenvalue weighted by molar-refractivity contribution is 7.99. The number of thioether (sulfide) groups is 1. The van der Waals surface area contributed by atoms with E-state index in [1.165, 1.54) is 11.8 Å². The quantitative estimate of drug-likeness (QED) is 0.595. The topological polar surface area (TPSA) is 69.0 Å². The van der Waals surface area contributed by atoms with Crippen molar-refractivity contribution < 1.29 is 9.53 Å². The van der Waals surface area contributed by atoms with Gasteiger partial charge < -0.3 is 14.6 Å². The Hall–Kier alpha value is -2.51. The zero-order valence-electron chi connectivity index (χ0n) is 14.9. The van der Waals surface area contributed by atoms with Crippen LogP contribution in [0.2, 0.25) is 5.02 Å². The molecule has 8 heteroatoms. The molecule has 1 N–H and O–H groups in total. The Morgan fingerprint density at radius 1 is 1.19 bits per heavy atom. The molecule has 1 amide bonds. The highest BCUT2D eigenvalue weighted by atomic mass is 35.5. The minimum Gasteiger partial charge on any atom is -0.483 e. The van der Waals surface area contributed by atoms with Gasteiger partial charge in [-0.2, -0.15) is 0 Å². The van der Waals surface area contributed by atoms with Crippen LogP contribution in [-0.2, 0) is 11.8 Å². The van der Waals surface area contributed by atoms with Crippen LogP contribution in [0.15, 0.2) is 59.8 Å². The maximum atomic E-state index is 12.2. The van der Waals surface area contributed by atoms with Gasteiger partial charge >= 0.3 is 0 Å². The number of anilines is 1. The Morgan fingerprint density at radius 2 is 1.89 bits per heavy atom. The van der Waals surface area contributed by atoms with Gasteiger partial charge in [0.05, 0.1) is 16.5 Å². The monoisotopic (exact) mass is 402 g/mol. The summed E-state index contributed by atoms with van der Waals surface area (Å²) >= 11 is 7.36. The summed E-state index contributed by atoms with van der Waals surface area (Å²) in [4.78, 5) is 12.2. The number of carbonyl (C=O) groups is 1. The average molecular weight is 403 g/mol. The van der Waals surface area contributed by atoms with E-state index in [2.05, 4.69) is 15.5 Å². The van der Waals surface area contributed by atoms with Gasteiger partial charge in [0.25, 0.3) is 0 Å². The molecule has 1 aromatic heterocycles. The van der Waals surface area contributed by atoms with E-state index >= 15 is 0 Å². The number of aromatic nitrogens is 3. The number of amides is 1. The number of para-hydroxylation sites is 2. The molecule has 2 aromatic carbocycles. The van der Waals surface area contributed by atoms with Crippen molar-refractivity contribution in [2.24, 2.45) is 7.05 Å². The normalized spacial score (nSPS) is 11.8. The summed E-state index contributed by atoms with van der Waals surface area (Å²) in [6.45, 7) is 1.91. The molecule has 3 rings (SSSR count). The third-order valence-electron chi connectivity index (χ3n) is 3.77. The maximum Gasteiger partial charge on any atom is 0.234 e. The van der Waals surface area contributed by atoms with Crippen LogP contribution in [0.4, 0.5) is 5.69 Å². The summed E-state index contributed by atoms with van der Waals surface area (Å²) in [6, 6.07) is 16.7. The summed E-state index contributed by atoms with van der Waals surface area (Å²) < 4.78 is 7.72. The molecule has 0 bridgehead atoms. The van der Waals surface area contributed by atoms with Crippen molar-refractivity contribution in [3.8, 4) is 5.75 Å². The smallest absolute Gasteiger partial charge is 0.234 e. The zero-order chi connectivity index (χ0) is 19.2. The summed E-state index contributed by atoms with van der Waals surface area (Å²) in [5.41, 5.74) is 0.591. The number of halogens is 1. The Balaban J connectivity index is 1.58. The number of benzene rings is 2.